The highest BCUT2D eigenvalue weighted by Crippen LogP contribution is 2.39. The van der Waals surface area contributed by atoms with Crippen LogP contribution in [0.1, 0.15) is 0 Å². The van der Waals surface area contributed by atoms with Crippen molar-refractivity contribution in [2.24, 2.45) is 0 Å². The molecule has 0 aliphatic heterocycles. The Morgan fingerprint density at radius 2 is 1.11 bits per heavy atom. The smallest absolute Gasteiger partial charge is 0.146 e. The van der Waals surface area contributed by atoms with E-state index in [1.54, 1.807) is 0 Å². The van der Waals surface area contributed by atoms with E-state index in [9.17, 15) is 0 Å². The molecule has 0 N–H and O–H groups in total. The summed E-state index contributed by atoms with van der Waals surface area (Å²) in [5.74, 6) is 0.940. The maximum Gasteiger partial charge on any atom is 0.146 e. The lowest BCUT2D eigenvalue weighted by atomic mass is 9.92. The second kappa shape index (κ2) is 10.3. The number of imidazole rings is 1. The standard InChI is InChI=1S/C42H27N3/c1-2-14-32(15-3-1)45-41-20-9-8-19-39(41)44-42(45)38-24-23-34(35-17-6-7-18-36(35)38)30-13-10-12-28(25-30)29-21-22-37-33-16-5-4-11-31(33)27-43-40(37)26-29/h1-27H. The summed E-state index contributed by atoms with van der Waals surface area (Å²) < 4.78 is 2.27. The van der Waals surface area contributed by atoms with Crippen molar-refractivity contribution in [2.45, 2.75) is 0 Å². The van der Waals surface area contributed by atoms with Crippen molar-refractivity contribution < 1.29 is 0 Å². The highest BCUT2D eigenvalue weighted by atomic mass is 15.1. The summed E-state index contributed by atoms with van der Waals surface area (Å²) >= 11 is 0. The third-order valence-corrected chi connectivity index (χ3v) is 8.84. The summed E-state index contributed by atoms with van der Waals surface area (Å²) in [4.78, 5) is 9.96. The number of fused-ring (bicyclic) bond motifs is 5. The zero-order valence-electron chi connectivity index (χ0n) is 24.4. The molecule has 0 saturated heterocycles. The molecule has 0 aliphatic rings. The fraction of sp³-hybridized carbons (Fsp3) is 0. The Morgan fingerprint density at radius 3 is 2.00 bits per heavy atom. The van der Waals surface area contributed by atoms with Gasteiger partial charge in [-0.2, -0.15) is 0 Å². The summed E-state index contributed by atoms with van der Waals surface area (Å²) in [6.45, 7) is 0. The average Bonchev–Trinajstić information content (AvgIpc) is 3.51. The second-order valence-corrected chi connectivity index (χ2v) is 11.5. The van der Waals surface area contributed by atoms with Crippen LogP contribution in [0, 0.1) is 0 Å². The average molecular weight is 574 g/mol. The summed E-state index contributed by atoms with van der Waals surface area (Å²) in [5, 5.41) is 5.95. The van der Waals surface area contributed by atoms with E-state index in [0.717, 1.165) is 44.6 Å². The Bertz CT molecular complexity index is 2540. The van der Waals surface area contributed by atoms with Crippen molar-refractivity contribution in [3.63, 3.8) is 0 Å². The predicted octanol–water partition coefficient (Wildman–Crippen LogP) is 10.9. The number of rotatable bonds is 4. The normalized spacial score (nSPS) is 11.6. The van der Waals surface area contributed by atoms with Gasteiger partial charge in [0, 0.05) is 28.2 Å². The van der Waals surface area contributed by atoms with E-state index in [1.807, 2.05) is 6.20 Å². The van der Waals surface area contributed by atoms with Gasteiger partial charge in [-0.15, -0.1) is 0 Å². The van der Waals surface area contributed by atoms with Crippen molar-refractivity contribution in [1.29, 1.82) is 0 Å². The molecule has 3 heteroatoms. The van der Waals surface area contributed by atoms with Crippen LogP contribution in [-0.4, -0.2) is 14.5 Å². The highest BCUT2D eigenvalue weighted by molar-refractivity contribution is 6.07. The summed E-state index contributed by atoms with van der Waals surface area (Å²) in [7, 11) is 0. The summed E-state index contributed by atoms with van der Waals surface area (Å²) in [5.41, 5.74) is 9.99. The molecule has 0 aliphatic carbocycles. The first kappa shape index (κ1) is 25.4. The number of hydrogen-bond donors (Lipinski definition) is 0. The van der Waals surface area contributed by atoms with Gasteiger partial charge in [-0.1, -0.05) is 115 Å². The molecule has 7 aromatic carbocycles. The van der Waals surface area contributed by atoms with Crippen LogP contribution in [-0.2, 0) is 0 Å². The van der Waals surface area contributed by atoms with E-state index in [4.69, 9.17) is 9.97 Å². The van der Waals surface area contributed by atoms with Crippen LogP contribution < -0.4 is 0 Å². The first-order valence-corrected chi connectivity index (χ1v) is 15.3. The molecule has 0 fully saturated rings. The number of aromatic nitrogens is 3. The molecular weight excluding hydrogens is 546 g/mol. The largest absolute Gasteiger partial charge is 0.292 e. The number of hydrogen-bond acceptors (Lipinski definition) is 2. The van der Waals surface area contributed by atoms with E-state index < -0.39 is 0 Å². The molecule has 0 amide bonds. The quantitative estimate of drug-likeness (QED) is 0.196. The molecule has 3 nitrogen and oxygen atoms in total. The third-order valence-electron chi connectivity index (χ3n) is 8.84. The predicted molar refractivity (Wildman–Crippen MR) is 188 cm³/mol. The van der Waals surface area contributed by atoms with Gasteiger partial charge in [0.05, 0.1) is 16.6 Å². The third kappa shape index (κ3) is 4.21. The Hall–Kier alpha value is -6.06. The zero-order valence-corrected chi connectivity index (χ0v) is 24.4. The van der Waals surface area contributed by atoms with Crippen LogP contribution in [0.4, 0.5) is 0 Å². The first-order valence-electron chi connectivity index (χ1n) is 15.3. The molecule has 0 radical (unpaired) electrons. The monoisotopic (exact) mass is 573 g/mol. The Balaban J connectivity index is 1.19. The van der Waals surface area contributed by atoms with E-state index in [-0.39, 0.29) is 0 Å². The van der Waals surface area contributed by atoms with Crippen LogP contribution in [0.15, 0.2) is 164 Å². The molecule has 2 aromatic heterocycles. The van der Waals surface area contributed by atoms with Crippen molar-refractivity contribution >= 4 is 43.5 Å². The Labute approximate surface area is 260 Å². The highest BCUT2D eigenvalue weighted by Gasteiger charge is 2.18. The molecule has 9 aromatic rings. The molecular formula is C42H27N3. The van der Waals surface area contributed by atoms with Gasteiger partial charge in [0.2, 0.25) is 0 Å². The topological polar surface area (TPSA) is 30.7 Å². The fourth-order valence-electron chi connectivity index (χ4n) is 6.70. The first-order chi connectivity index (χ1) is 22.3. The van der Waals surface area contributed by atoms with Gasteiger partial charge in [0.15, 0.2) is 0 Å². The molecule has 9 rings (SSSR count). The van der Waals surface area contributed by atoms with Crippen LogP contribution in [0.3, 0.4) is 0 Å². The summed E-state index contributed by atoms with van der Waals surface area (Å²) in [6, 6.07) is 55.9. The Kier molecular flexibility index (Phi) is 5.82. The minimum atomic E-state index is 0.940. The second-order valence-electron chi connectivity index (χ2n) is 11.5. The maximum atomic E-state index is 5.17. The van der Waals surface area contributed by atoms with E-state index >= 15 is 0 Å². The molecule has 0 saturated carbocycles. The number of nitrogens with zero attached hydrogens (tertiary/aromatic N) is 3. The molecule has 0 unspecified atom stereocenters. The number of pyridine rings is 1. The molecule has 0 atom stereocenters. The van der Waals surface area contributed by atoms with Crippen LogP contribution in [0.2, 0.25) is 0 Å². The van der Waals surface area contributed by atoms with Crippen LogP contribution >= 0.6 is 0 Å². The number of benzene rings is 7. The minimum Gasteiger partial charge on any atom is -0.292 e. The van der Waals surface area contributed by atoms with E-state index in [1.165, 1.54) is 38.2 Å². The lowest BCUT2D eigenvalue weighted by Crippen LogP contribution is -1.98. The van der Waals surface area contributed by atoms with Gasteiger partial charge in [-0.25, -0.2) is 4.98 Å². The van der Waals surface area contributed by atoms with Crippen molar-refractivity contribution in [3.05, 3.63) is 164 Å². The number of para-hydroxylation sites is 3. The summed E-state index contributed by atoms with van der Waals surface area (Å²) in [6.07, 6.45) is 1.97. The van der Waals surface area contributed by atoms with Gasteiger partial charge in [0.1, 0.15) is 5.82 Å². The van der Waals surface area contributed by atoms with Crippen molar-refractivity contribution in [2.75, 3.05) is 0 Å². The van der Waals surface area contributed by atoms with Crippen LogP contribution in [0.5, 0.6) is 0 Å². The van der Waals surface area contributed by atoms with Gasteiger partial charge in [-0.3, -0.25) is 9.55 Å². The molecule has 210 valence electrons. The molecule has 0 spiro atoms. The van der Waals surface area contributed by atoms with Crippen molar-refractivity contribution in [3.8, 4) is 39.3 Å². The fourth-order valence-corrected chi connectivity index (χ4v) is 6.70. The van der Waals surface area contributed by atoms with E-state index in [0.29, 0.717) is 0 Å². The Morgan fingerprint density at radius 1 is 0.422 bits per heavy atom. The van der Waals surface area contributed by atoms with Gasteiger partial charge in [0.25, 0.3) is 0 Å². The lowest BCUT2D eigenvalue weighted by molar-refractivity contribution is 1.11. The van der Waals surface area contributed by atoms with Gasteiger partial charge in [-0.05, 0) is 80.9 Å². The maximum absolute atomic E-state index is 5.17. The molecule has 2 heterocycles. The van der Waals surface area contributed by atoms with Crippen LogP contribution in [0.25, 0.3) is 82.8 Å². The zero-order chi connectivity index (χ0) is 29.7. The van der Waals surface area contributed by atoms with Gasteiger partial charge >= 0.3 is 0 Å². The molecule has 45 heavy (non-hydrogen) atoms. The minimum absolute atomic E-state index is 0.940. The van der Waals surface area contributed by atoms with Crippen molar-refractivity contribution in [1.82, 2.24) is 14.5 Å². The SMILES string of the molecule is c1ccc(-n2c(-c3ccc(-c4cccc(-c5ccc6c(c5)ncc5ccccc56)c4)c4ccccc34)nc3ccccc32)cc1. The molecule has 0 bridgehead atoms. The van der Waals surface area contributed by atoms with Gasteiger partial charge < -0.3 is 0 Å². The van der Waals surface area contributed by atoms with E-state index in [2.05, 4.69) is 162 Å². The lowest BCUT2D eigenvalue weighted by Gasteiger charge is -2.15.